The van der Waals surface area contributed by atoms with Crippen LogP contribution in [0.1, 0.15) is 24.2 Å². The van der Waals surface area contributed by atoms with Crippen molar-refractivity contribution in [2.75, 3.05) is 6.26 Å². The molecule has 0 saturated carbocycles. The summed E-state index contributed by atoms with van der Waals surface area (Å²) in [4.78, 5) is 7.86. The van der Waals surface area contributed by atoms with E-state index < -0.39 is 9.84 Å². The van der Waals surface area contributed by atoms with E-state index in [9.17, 15) is 12.8 Å². The molecule has 0 aliphatic carbocycles. The molecular formula is C16H15FN2O2S. The predicted molar refractivity (Wildman–Crippen MR) is 83.1 cm³/mol. The highest BCUT2D eigenvalue weighted by atomic mass is 32.2. The van der Waals surface area contributed by atoms with E-state index in [2.05, 4.69) is 9.97 Å². The van der Waals surface area contributed by atoms with Crippen LogP contribution < -0.4 is 0 Å². The molecule has 0 amide bonds. The van der Waals surface area contributed by atoms with Gasteiger partial charge in [0.05, 0.1) is 15.9 Å². The lowest BCUT2D eigenvalue weighted by atomic mass is 10.0. The van der Waals surface area contributed by atoms with Gasteiger partial charge in [0, 0.05) is 18.2 Å². The van der Waals surface area contributed by atoms with Gasteiger partial charge in [0.2, 0.25) is 0 Å². The van der Waals surface area contributed by atoms with Gasteiger partial charge in [-0.1, -0.05) is 19.1 Å². The minimum Gasteiger partial charge on any atom is -0.341 e. The molecule has 3 aromatic rings. The van der Waals surface area contributed by atoms with E-state index in [1.165, 1.54) is 18.4 Å². The number of halogens is 1. The van der Waals surface area contributed by atoms with E-state index in [1.54, 1.807) is 30.3 Å². The first kappa shape index (κ1) is 14.7. The summed E-state index contributed by atoms with van der Waals surface area (Å²) >= 11 is 0. The van der Waals surface area contributed by atoms with Crippen molar-refractivity contribution in [3.05, 3.63) is 59.7 Å². The highest BCUT2D eigenvalue weighted by Gasteiger charge is 2.15. The van der Waals surface area contributed by atoms with Crippen molar-refractivity contribution in [3.8, 4) is 0 Å². The second kappa shape index (κ2) is 5.21. The van der Waals surface area contributed by atoms with Crippen molar-refractivity contribution >= 4 is 20.9 Å². The van der Waals surface area contributed by atoms with E-state index in [0.29, 0.717) is 11.3 Å². The van der Waals surface area contributed by atoms with Crippen LogP contribution in [-0.2, 0) is 9.84 Å². The highest BCUT2D eigenvalue weighted by molar-refractivity contribution is 7.90. The molecule has 0 aliphatic rings. The third-order valence-corrected chi connectivity index (χ3v) is 4.81. The van der Waals surface area contributed by atoms with Crippen molar-refractivity contribution in [2.24, 2.45) is 0 Å². The summed E-state index contributed by atoms with van der Waals surface area (Å²) in [5.74, 6) is 0.340. The van der Waals surface area contributed by atoms with Crippen LogP contribution in [0.15, 0.2) is 47.4 Å². The van der Waals surface area contributed by atoms with Crippen LogP contribution in [0.5, 0.6) is 0 Å². The number of sulfone groups is 1. The van der Waals surface area contributed by atoms with Crippen LogP contribution >= 0.6 is 0 Å². The van der Waals surface area contributed by atoms with Gasteiger partial charge >= 0.3 is 0 Å². The third kappa shape index (κ3) is 2.74. The first-order chi connectivity index (χ1) is 10.3. The lowest BCUT2D eigenvalue weighted by Crippen LogP contribution is -2.01. The van der Waals surface area contributed by atoms with E-state index in [-0.39, 0.29) is 16.6 Å². The molecule has 0 saturated heterocycles. The Bertz CT molecular complexity index is 930. The number of nitrogens with zero attached hydrogens (tertiary/aromatic N) is 1. The molecule has 0 spiro atoms. The highest BCUT2D eigenvalue weighted by Crippen LogP contribution is 2.25. The number of hydrogen-bond donors (Lipinski definition) is 1. The fourth-order valence-corrected chi connectivity index (χ4v) is 3.00. The number of hydrogen-bond acceptors (Lipinski definition) is 3. The Labute approximate surface area is 127 Å². The minimum atomic E-state index is -3.20. The molecule has 1 unspecified atom stereocenters. The summed E-state index contributed by atoms with van der Waals surface area (Å²) < 4.78 is 36.2. The normalized spacial score (nSPS) is 13.4. The first-order valence-corrected chi connectivity index (χ1v) is 8.69. The molecule has 2 aromatic carbocycles. The number of aromatic nitrogens is 2. The summed E-state index contributed by atoms with van der Waals surface area (Å²) in [6, 6.07) is 11.1. The fourth-order valence-electron chi connectivity index (χ4n) is 2.37. The summed E-state index contributed by atoms with van der Waals surface area (Å²) in [6.45, 7) is 1.96. The molecule has 4 nitrogen and oxygen atoms in total. The summed E-state index contributed by atoms with van der Waals surface area (Å²) in [5.41, 5.74) is 2.29. The maximum atomic E-state index is 13.2. The average Bonchev–Trinajstić information content (AvgIpc) is 2.88. The summed E-state index contributed by atoms with van der Waals surface area (Å²) in [5, 5.41) is 0. The van der Waals surface area contributed by atoms with E-state index in [4.69, 9.17) is 0 Å². The van der Waals surface area contributed by atoms with Crippen LogP contribution in [0.4, 0.5) is 4.39 Å². The monoisotopic (exact) mass is 318 g/mol. The Morgan fingerprint density at radius 3 is 2.45 bits per heavy atom. The van der Waals surface area contributed by atoms with E-state index in [1.807, 2.05) is 6.92 Å². The van der Waals surface area contributed by atoms with Gasteiger partial charge in [0.25, 0.3) is 0 Å². The van der Waals surface area contributed by atoms with Crippen molar-refractivity contribution in [1.29, 1.82) is 0 Å². The topological polar surface area (TPSA) is 62.8 Å². The molecule has 0 fully saturated rings. The van der Waals surface area contributed by atoms with Gasteiger partial charge in [-0.2, -0.15) is 0 Å². The Kier molecular flexibility index (Phi) is 3.48. The fraction of sp³-hybridized carbons (Fsp3) is 0.188. The zero-order valence-electron chi connectivity index (χ0n) is 12.2. The van der Waals surface area contributed by atoms with Gasteiger partial charge in [-0.05, 0) is 29.8 Å². The van der Waals surface area contributed by atoms with Crippen molar-refractivity contribution in [3.63, 3.8) is 0 Å². The zero-order chi connectivity index (χ0) is 15.9. The van der Waals surface area contributed by atoms with Crippen LogP contribution in [0.2, 0.25) is 0 Å². The largest absolute Gasteiger partial charge is 0.341 e. The lowest BCUT2D eigenvalue weighted by Gasteiger charge is -2.09. The van der Waals surface area contributed by atoms with E-state index >= 15 is 0 Å². The number of aromatic amines is 1. The number of imidazole rings is 1. The molecular weight excluding hydrogens is 303 g/mol. The van der Waals surface area contributed by atoms with Crippen LogP contribution in [0, 0.1) is 5.82 Å². The Morgan fingerprint density at radius 1 is 1.14 bits per heavy atom. The Hall–Kier alpha value is -2.21. The summed E-state index contributed by atoms with van der Waals surface area (Å²) in [6.07, 6.45) is 1.18. The summed E-state index contributed by atoms with van der Waals surface area (Å²) in [7, 11) is -3.20. The second-order valence-electron chi connectivity index (χ2n) is 5.35. The molecule has 114 valence electrons. The second-order valence-corrected chi connectivity index (χ2v) is 7.36. The molecule has 0 radical (unpaired) electrons. The number of fused-ring (bicyclic) bond motifs is 1. The number of nitrogens with one attached hydrogen (secondary N) is 1. The third-order valence-electron chi connectivity index (χ3n) is 3.68. The van der Waals surface area contributed by atoms with Gasteiger partial charge in [-0.3, -0.25) is 0 Å². The van der Waals surface area contributed by atoms with Gasteiger partial charge in [-0.15, -0.1) is 0 Å². The van der Waals surface area contributed by atoms with Crippen molar-refractivity contribution in [1.82, 2.24) is 9.97 Å². The number of rotatable bonds is 3. The smallest absolute Gasteiger partial charge is 0.175 e. The maximum Gasteiger partial charge on any atom is 0.175 e. The van der Waals surface area contributed by atoms with Crippen LogP contribution in [-0.4, -0.2) is 24.6 Å². The predicted octanol–water partition coefficient (Wildman–Crippen LogP) is 3.26. The molecule has 0 aliphatic heterocycles. The van der Waals surface area contributed by atoms with Crippen molar-refractivity contribution in [2.45, 2.75) is 17.7 Å². The molecule has 1 atom stereocenters. The van der Waals surface area contributed by atoms with Gasteiger partial charge in [-0.25, -0.2) is 17.8 Å². The standard InChI is InChI=1S/C16H15FN2O2S/c1-10(11-3-6-13(7-4-11)22(2,20)21)16-18-14-8-5-12(17)9-15(14)19-16/h3-10H,1-2H3,(H,18,19). The quantitative estimate of drug-likeness (QED) is 0.806. The van der Waals surface area contributed by atoms with Gasteiger partial charge in [0.15, 0.2) is 9.84 Å². The van der Waals surface area contributed by atoms with Gasteiger partial charge in [0.1, 0.15) is 11.6 Å². The van der Waals surface area contributed by atoms with Crippen LogP contribution in [0.25, 0.3) is 11.0 Å². The molecule has 3 rings (SSSR count). The molecule has 1 aromatic heterocycles. The van der Waals surface area contributed by atoms with Crippen LogP contribution in [0.3, 0.4) is 0 Å². The minimum absolute atomic E-state index is 0.0518. The first-order valence-electron chi connectivity index (χ1n) is 6.80. The Morgan fingerprint density at radius 2 is 1.82 bits per heavy atom. The van der Waals surface area contributed by atoms with Gasteiger partial charge < -0.3 is 4.98 Å². The number of benzene rings is 2. The average molecular weight is 318 g/mol. The number of H-pyrrole nitrogens is 1. The molecule has 22 heavy (non-hydrogen) atoms. The van der Waals surface area contributed by atoms with Crippen molar-refractivity contribution < 1.29 is 12.8 Å². The lowest BCUT2D eigenvalue weighted by molar-refractivity contribution is 0.602. The molecule has 1 N–H and O–H groups in total. The molecule has 1 heterocycles. The zero-order valence-corrected chi connectivity index (χ0v) is 13.0. The van der Waals surface area contributed by atoms with E-state index in [0.717, 1.165) is 11.1 Å². The Balaban J connectivity index is 1.96. The maximum absolute atomic E-state index is 13.2. The molecule has 6 heteroatoms. The molecule has 0 bridgehead atoms. The SMILES string of the molecule is CC(c1ccc(S(C)(=O)=O)cc1)c1nc2cc(F)ccc2[nH]1.